The second-order valence-corrected chi connectivity index (χ2v) is 8.67. The van der Waals surface area contributed by atoms with E-state index in [1.165, 1.54) is 25.7 Å². The lowest BCUT2D eigenvalue weighted by molar-refractivity contribution is 0.0602. The van der Waals surface area contributed by atoms with Crippen LogP contribution in [0.5, 0.6) is 6.01 Å². The Morgan fingerprint density at radius 2 is 1.96 bits per heavy atom. The fraction of sp³-hybridized carbons (Fsp3) is 0.500. The Labute approximate surface area is 167 Å². The van der Waals surface area contributed by atoms with Crippen molar-refractivity contribution in [1.29, 1.82) is 0 Å². The van der Waals surface area contributed by atoms with Crippen molar-refractivity contribution in [2.45, 2.75) is 30.7 Å². The minimum Gasteiger partial charge on any atom is -0.467 e. The first-order valence-electron chi connectivity index (χ1n) is 8.64. The van der Waals surface area contributed by atoms with E-state index in [1.54, 1.807) is 0 Å². The second-order valence-electron chi connectivity index (χ2n) is 6.02. The number of nitrogens with zero attached hydrogens (tertiary/aromatic N) is 4. The quantitative estimate of drug-likeness (QED) is 0.649. The van der Waals surface area contributed by atoms with E-state index < -0.39 is 16.0 Å². The minimum absolute atomic E-state index is 0.0113. The molecule has 0 radical (unpaired) electrons. The summed E-state index contributed by atoms with van der Waals surface area (Å²) in [6, 6.07) is 1.47. The third-order valence-corrected chi connectivity index (χ3v) is 6.65. The minimum atomic E-state index is -3.95. The largest absolute Gasteiger partial charge is 0.467 e. The molecular formula is C16H21N5O5S2. The number of methoxy groups -OCH3 is 2. The van der Waals surface area contributed by atoms with E-state index in [4.69, 9.17) is 4.74 Å². The molecule has 0 aromatic carbocycles. The highest BCUT2D eigenvalue weighted by Crippen LogP contribution is 2.23. The molecule has 3 heterocycles. The van der Waals surface area contributed by atoms with Gasteiger partial charge >= 0.3 is 12.0 Å². The number of piperidine rings is 1. The van der Waals surface area contributed by atoms with Gasteiger partial charge in [-0.2, -0.15) is 15.0 Å². The molecule has 12 heteroatoms. The molecule has 0 spiro atoms. The molecule has 0 unspecified atom stereocenters. The average Bonchev–Trinajstić information content (AvgIpc) is 3.23. The number of thiophene rings is 1. The van der Waals surface area contributed by atoms with Crippen LogP contribution in [0.25, 0.3) is 0 Å². The summed E-state index contributed by atoms with van der Waals surface area (Å²) in [5.74, 6) is -0.0121. The maximum atomic E-state index is 12.6. The van der Waals surface area contributed by atoms with E-state index in [2.05, 4.69) is 24.4 Å². The fourth-order valence-electron chi connectivity index (χ4n) is 2.78. The number of aromatic nitrogens is 3. The number of rotatable bonds is 7. The van der Waals surface area contributed by atoms with Gasteiger partial charge in [0.1, 0.15) is 9.77 Å². The maximum absolute atomic E-state index is 12.6. The number of hydrogen-bond donors (Lipinski definition) is 1. The van der Waals surface area contributed by atoms with Gasteiger partial charge in [0.25, 0.3) is 0 Å². The molecule has 0 atom stereocenters. The molecule has 1 N–H and O–H groups in total. The number of esters is 1. The van der Waals surface area contributed by atoms with E-state index in [1.807, 2.05) is 4.90 Å². The van der Waals surface area contributed by atoms with Crippen LogP contribution in [0.2, 0.25) is 0 Å². The summed E-state index contributed by atoms with van der Waals surface area (Å²) in [6.45, 7) is 1.49. The average molecular weight is 428 g/mol. The van der Waals surface area contributed by atoms with Crippen LogP contribution in [0.1, 0.15) is 34.8 Å². The molecular weight excluding hydrogens is 406 g/mol. The van der Waals surface area contributed by atoms with Crippen molar-refractivity contribution in [2.24, 2.45) is 0 Å². The van der Waals surface area contributed by atoms with Crippen LogP contribution < -0.4 is 14.4 Å². The molecule has 3 rings (SSSR count). The van der Waals surface area contributed by atoms with Crippen LogP contribution in [0.3, 0.4) is 0 Å². The smallest absolute Gasteiger partial charge is 0.349 e. The van der Waals surface area contributed by atoms with E-state index in [0.717, 1.165) is 43.7 Å². The zero-order valence-corrected chi connectivity index (χ0v) is 17.2. The van der Waals surface area contributed by atoms with Crippen LogP contribution in [0.15, 0.2) is 16.3 Å². The van der Waals surface area contributed by atoms with Gasteiger partial charge in [-0.15, -0.1) is 11.3 Å². The molecule has 2 aromatic rings. The summed E-state index contributed by atoms with van der Waals surface area (Å²) >= 11 is 0.996. The van der Waals surface area contributed by atoms with Crippen LogP contribution in [-0.2, 0) is 21.3 Å². The van der Waals surface area contributed by atoms with Crippen molar-refractivity contribution >= 4 is 33.3 Å². The van der Waals surface area contributed by atoms with Crippen LogP contribution >= 0.6 is 11.3 Å². The van der Waals surface area contributed by atoms with Crippen LogP contribution in [-0.4, -0.2) is 56.6 Å². The second kappa shape index (κ2) is 8.80. The Hall–Kier alpha value is -2.31. The van der Waals surface area contributed by atoms with E-state index in [-0.39, 0.29) is 28.2 Å². The molecule has 2 aromatic heterocycles. The first kappa shape index (κ1) is 20.4. The maximum Gasteiger partial charge on any atom is 0.349 e. The fourth-order valence-corrected chi connectivity index (χ4v) is 5.09. The molecule has 28 heavy (non-hydrogen) atoms. The number of ether oxygens (including phenoxy) is 2. The van der Waals surface area contributed by atoms with Gasteiger partial charge in [0.2, 0.25) is 16.0 Å². The van der Waals surface area contributed by atoms with Crippen molar-refractivity contribution in [3.63, 3.8) is 0 Å². The van der Waals surface area contributed by atoms with Crippen molar-refractivity contribution in [3.8, 4) is 6.01 Å². The third kappa shape index (κ3) is 4.56. The first-order valence-corrected chi connectivity index (χ1v) is 11.0. The summed E-state index contributed by atoms with van der Waals surface area (Å²) < 4.78 is 37.4. The highest BCUT2D eigenvalue weighted by Gasteiger charge is 2.25. The van der Waals surface area contributed by atoms with Gasteiger partial charge < -0.3 is 14.4 Å². The van der Waals surface area contributed by atoms with Gasteiger partial charge in [0.05, 0.1) is 20.8 Å². The molecule has 1 aliphatic heterocycles. The highest BCUT2D eigenvalue weighted by atomic mass is 32.2. The number of carbonyl (C=O) groups is 1. The Kier molecular flexibility index (Phi) is 6.42. The van der Waals surface area contributed by atoms with Gasteiger partial charge in [-0.3, -0.25) is 0 Å². The Bertz CT molecular complexity index is 941. The van der Waals surface area contributed by atoms with Gasteiger partial charge in [-0.05, 0) is 30.7 Å². The Balaban J connectivity index is 1.80. The number of carbonyl (C=O) groups excluding carboxylic acids is 1. The molecule has 0 bridgehead atoms. The zero-order chi connectivity index (χ0) is 20.1. The van der Waals surface area contributed by atoms with Crippen molar-refractivity contribution < 1.29 is 22.7 Å². The van der Waals surface area contributed by atoms with Gasteiger partial charge in [0.15, 0.2) is 5.82 Å². The standard InChI is InChI=1S/C16H21N5O5S2/c1-25-14(22)13-11(6-9-27-13)28(23,24)17-10-12-18-15(20-16(19-12)26-2)21-7-4-3-5-8-21/h6,9,17H,3-5,7-8,10H2,1-2H3. The van der Waals surface area contributed by atoms with E-state index in [0.29, 0.717) is 5.95 Å². The molecule has 1 fully saturated rings. The monoisotopic (exact) mass is 427 g/mol. The van der Waals surface area contributed by atoms with E-state index >= 15 is 0 Å². The topological polar surface area (TPSA) is 124 Å². The van der Waals surface area contributed by atoms with Crippen LogP contribution in [0.4, 0.5) is 5.95 Å². The Morgan fingerprint density at radius 1 is 1.21 bits per heavy atom. The zero-order valence-electron chi connectivity index (χ0n) is 15.5. The number of hydrogen-bond acceptors (Lipinski definition) is 10. The number of nitrogens with one attached hydrogen (secondary N) is 1. The summed E-state index contributed by atoms with van der Waals surface area (Å²) in [5.41, 5.74) is 0. The lowest BCUT2D eigenvalue weighted by Crippen LogP contribution is -2.32. The van der Waals surface area contributed by atoms with Crippen LogP contribution in [0, 0.1) is 0 Å². The van der Waals surface area contributed by atoms with Gasteiger partial charge in [-0.1, -0.05) is 0 Å². The first-order chi connectivity index (χ1) is 13.4. The lowest BCUT2D eigenvalue weighted by atomic mass is 10.1. The predicted molar refractivity (Wildman–Crippen MR) is 102 cm³/mol. The van der Waals surface area contributed by atoms with Gasteiger partial charge in [0, 0.05) is 13.1 Å². The normalized spacial score (nSPS) is 14.7. The van der Waals surface area contributed by atoms with Gasteiger partial charge in [-0.25, -0.2) is 17.9 Å². The number of sulfonamides is 1. The molecule has 0 amide bonds. The molecule has 0 aliphatic carbocycles. The SMILES string of the molecule is COC(=O)c1sccc1S(=O)(=O)NCc1nc(OC)nc(N2CCCCC2)n1. The third-order valence-electron chi connectivity index (χ3n) is 4.18. The highest BCUT2D eigenvalue weighted by molar-refractivity contribution is 7.89. The Morgan fingerprint density at radius 3 is 2.64 bits per heavy atom. The molecule has 10 nitrogen and oxygen atoms in total. The summed E-state index contributed by atoms with van der Waals surface area (Å²) in [7, 11) is -1.31. The lowest BCUT2D eigenvalue weighted by Gasteiger charge is -2.26. The molecule has 152 valence electrons. The molecule has 1 aliphatic rings. The number of anilines is 1. The van der Waals surface area contributed by atoms with Crippen molar-refractivity contribution in [2.75, 3.05) is 32.2 Å². The van der Waals surface area contributed by atoms with Crippen molar-refractivity contribution in [1.82, 2.24) is 19.7 Å². The van der Waals surface area contributed by atoms with Crippen molar-refractivity contribution in [3.05, 3.63) is 22.1 Å². The predicted octanol–water partition coefficient (Wildman–Crippen LogP) is 1.20. The molecule has 1 saturated heterocycles. The summed E-state index contributed by atoms with van der Waals surface area (Å²) in [6.07, 6.45) is 3.25. The molecule has 0 saturated carbocycles. The summed E-state index contributed by atoms with van der Waals surface area (Å²) in [4.78, 5) is 26.4. The van der Waals surface area contributed by atoms with E-state index in [9.17, 15) is 13.2 Å². The summed E-state index contributed by atoms with van der Waals surface area (Å²) in [5, 5.41) is 1.52.